The summed E-state index contributed by atoms with van der Waals surface area (Å²) >= 11 is 0. The van der Waals surface area contributed by atoms with Crippen molar-refractivity contribution in [1.82, 2.24) is 0 Å². The van der Waals surface area contributed by atoms with Crippen LogP contribution < -0.4 is 23.6 Å². The molecule has 4 aromatic carbocycles. The Bertz CT molecular complexity index is 1040. The monoisotopic (exact) mass is 318 g/mol. The minimum Gasteiger partial charge on any atom is -0.476 e. The van der Waals surface area contributed by atoms with Gasteiger partial charge in [-0.3, -0.25) is 0 Å². The molecule has 0 aliphatic rings. The van der Waals surface area contributed by atoms with Crippen molar-refractivity contribution in [2.24, 2.45) is 0 Å². The second kappa shape index (κ2) is 6.96. The molecule has 0 atom stereocenters. The third kappa shape index (κ3) is 3.31. The van der Waals surface area contributed by atoms with Crippen molar-refractivity contribution in [2.45, 2.75) is 20.8 Å². The van der Waals surface area contributed by atoms with Crippen molar-refractivity contribution in [3.05, 3.63) is 83.4 Å². The Labute approximate surface area is 160 Å². The summed E-state index contributed by atoms with van der Waals surface area (Å²) in [7, 11) is 0. The van der Waals surface area contributed by atoms with Crippen LogP contribution in [0.4, 0.5) is 0 Å². The van der Waals surface area contributed by atoms with Crippen LogP contribution >= 0.6 is 0 Å². The van der Waals surface area contributed by atoms with Crippen LogP contribution in [0.25, 0.3) is 21.5 Å². The average Bonchev–Trinajstić information content (AvgIpc) is 2.56. The van der Waals surface area contributed by atoms with Crippen molar-refractivity contribution in [3.63, 3.8) is 0 Å². The van der Waals surface area contributed by atoms with Crippen molar-refractivity contribution in [3.8, 4) is 11.5 Å². The molecule has 4 rings (SSSR count). The van der Waals surface area contributed by atoms with Gasteiger partial charge in [0, 0.05) is 0 Å². The van der Waals surface area contributed by atoms with E-state index in [4.69, 9.17) is 4.74 Å². The van der Waals surface area contributed by atoms with E-state index in [9.17, 15) is 0 Å². The van der Waals surface area contributed by atoms with Crippen LogP contribution in [0.15, 0.2) is 60.7 Å². The first-order chi connectivity index (χ1) is 11.6. The minimum absolute atomic E-state index is 0. The van der Waals surface area contributed by atoms with Crippen LogP contribution in [0.2, 0.25) is 0 Å². The predicted octanol–water partition coefficient (Wildman–Crippen LogP) is 3.51. The number of fused-ring (bicyclic) bond motifs is 2. The maximum Gasteiger partial charge on any atom is 1.00 e. The van der Waals surface area contributed by atoms with Crippen molar-refractivity contribution >= 4 is 21.5 Å². The molecule has 0 saturated heterocycles. The second-order valence-corrected chi connectivity index (χ2v) is 6.42. The fourth-order valence-corrected chi connectivity index (χ4v) is 3.39. The van der Waals surface area contributed by atoms with Gasteiger partial charge in [-0.15, -0.1) is 23.6 Å². The number of rotatable bonds is 2. The van der Waals surface area contributed by atoms with E-state index in [1.54, 1.807) is 0 Å². The molecule has 1 nitrogen and oxygen atoms in total. The zero-order chi connectivity index (χ0) is 16.7. The summed E-state index contributed by atoms with van der Waals surface area (Å²) in [6, 6.07) is 24.3. The normalized spacial score (nSPS) is 10.7. The van der Waals surface area contributed by atoms with Crippen LogP contribution in [-0.2, 0) is 0 Å². The molecule has 0 fully saturated rings. The van der Waals surface area contributed by atoms with Crippen LogP contribution in [0.5, 0.6) is 11.5 Å². The molecule has 0 aliphatic heterocycles. The second-order valence-electron chi connectivity index (χ2n) is 6.42. The zero-order valence-electron chi connectivity index (χ0n) is 15.2. The van der Waals surface area contributed by atoms with Gasteiger partial charge in [0.25, 0.3) is 0 Å². The van der Waals surface area contributed by atoms with E-state index in [0.29, 0.717) is 0 Å². The van der Waals surface area contributed by atoms with Crippen molar-refractivity contribution in [2.75, 3.05) is 0 Å². The van der Waals surface area contributed by atoms with E-state index < -0.39 is 0 Å². The van der Waals surface area contributed by atoms with E-state index in [0.717, 1.165) is 33.4 Å². The first kappa shape index (κ1) is 17.6. The summed E-state index contributed by atoms with van der Waals surface area (Å²) in [5, 5.41) is 4.61. The fraction of sp³-hybridized carbons (Fsp3) is 0.130. The van der Waals surface area contributed by atoms with Crippen molar-refractivity contribution < 1.29 is 23.6 Å². The zero-order valence-corrected chi connectivity index (χ0v) is 15.2. The first-order valence-corrected chi connectivity index (χ1v) is 8.21. The predicted molar refractivity (Wildman–Crippen MR) is 101 cm³/mol. The van der Waals surface area contributed by atoms with Gasteiger partial charge in [0.1, 0.15) is 5.75 Å². The van der Waals surface area contributed by atoms with Gasteiger partial charge in [-0.25, -0.2) is 0 Å². The smallest absolute Gasteiger partial charge is 0.476 e. The third-order valence-electron chi connectivity index (χ3n) is 4.44. The van der Waals surface area contributed by atoms with Crippen molar-refractivity contribution in [1.29, 1.82) is 0 Å². The Morgan fingerprint density at radius 2 is 1.44 bits per heavy atom. The maximum absolute atomic E-state index is 6.34. The fourth-order valence-electron chi connectivity index (χ4n) is 3.39. The van der Waals surface area contributed by atoms with Gasteiger partial charge in [0.2, 0.25) is 0 Å². The van der Waals surface area contributed by atoms with Crippen LogP contribution in [-0.4, -0.2) is 0 Å². The van der Waals surface area contributed by atoms with Gasteiger partial charge >= 0.3 is 18.9 Å². The summed E-state index contributed by atoms with van der Waals surface area (Å²) in [5.41, 5.74) is 3.58. The molecule has 0 bridgehead atoms. The molecule has 0 aromatic heterocycles. The van der Waals surface area contributed by atoms with Gasteiger partial charge < -0.3 is 4.74 Å². The minimum atomic E-state index is 0. The standard InChI is InChI=1S/C23H19O.Li/c1-15-11-16(2)23(17(3)12-15)24-22-10-6-9-20-13-18-7-4-5-8-19(18)14-21(20)22;/h4-8,10-14H,1-3H3;/q-1;+1. The summed E-state index contributed by atoms with van der Waals surface area (Å²) in [6.45, 7) is 6.31. The van der Waals surface area contributed by atoms with E-state index >= 15 is 0 Å². The topological polar surface area (TPSA) is 9.23 Å². The van der Waals surface area contributed by atoms with Crippen LogP contribution in [0, 0.1) is 26.8 Å². The molecular formula is C23H19LiO. The molecule has 118 valence electrons. The molecule has 0 saturated carbocycles. The molecule has 0 radical (unpaired) electrons. The van der Waals surface area contributed by atoms with E-state index in [2.05, 4.69) is 75.4 Å². The Balaban J connectivity index is 0.00000182. The number of aryl methyl sites for hydroxylation is 3. The molecule has 25 heavy (non-hydrogen) atoms. The van der Waals surface area contributed by atoms with Gasteiger partial charge in [-0.2, -0.15) is 0 Å². The molecule has 0 heterocycles. The SMILES string of the molecule is Cc1cc(C)c(Oc2cc[c-]c3cc4ccccc4cc23)c(C)c1.[Li+]. The Morgan fingerprint density at radius 3 is 2.12 bits per heavy atom. The molecule has 2 heteroatoms. The summed E-state index contributed by atoms with van der Waals surface area (Å²) in [4.78, 5) is 0. The van der Waals surface area contributed by atoms with Gasteiger partial charge in [-0.05, 0) is 37.3 Å². The molecule has 0 amide bonds. The molecular weight excluding hydrogens is 299 g/mol. The van der Waals surface area contributed by atoms with E-state index in [1.807, 2.05) is 12.1 Å². The van der Waals surface area contributed by atoms with E-state index in [-0.39, 0.29) is 18.9 Å². The molecule has 4 aromatic rings. The van der Waals surface area contributed by atoms with Gasteiger partial charge in [-0.1, -0.05) is 64.9 Å². The molecule has 0 unspecified atom stereocenters. The Hall–Kier alpha value is -2.20. The third-order valence-corrected chi connectivity index (χ3v) is 4.44. The number of ether oxygens (including phenoxy) is 1. The first-order valence-electron chi connectivity index (χ1n) is 8.21. The quantitative estimate of drug-likeness (QED) is 0.312. The summed E-state index contributed by atoms with van der Waals surface area (Å²) in [5.74, 6) is 1.82. The summed E-state index contributed by atoms with van der Waals surface area (Å²) < 4.78 is 6.34. The Morgan fingerprint density at radius 1 is 0.800 bits per heavy atom. The number of benzene rings is 4. The van der Waals surface area contributed by atoms with Gasteiger partial charge in [0.15, 0.2) is 0 Å². The maximum atomic E-state index is 6.34. The number of hydrogen-bond donors (Lipinski definition) is 0. The average molecular weight is 318 g/mol. The van der Waals surface area contributed by atoms with E-state index in [1.165, 1.54) is 16.3 Å². The summed E-state index contributed by atoms with van der Waals surface area (Å²) in [6.07, 6.45) is 0. The number of hydrogen-bond acceptors (Lipinski definition) is 1. The molecule has 0 spiro atoms. The molecule has 0 aliphatic carbocycles. The molecule has 0 N–H and O–H groups in total. The van der Waals surface area contributed by atoms with Crippen LogP contribution in [0.1, 0.15) is 16.7 Å². The van der Waals surface area contributed by atoms with Crippen LogP contribution in [0.3, 0.4) is 0 Å². The van der Waals surface area contributed by atoms with Gasteiger partial charge in [0.05, 0.1) is 5.75 Å². The Kier molecular flexibility index (Phi) is 4.91. The largest absolute Gasteiger partial charge is 1.00 e.